The third-order valence-corrected chi connectivity index (χ3v) is 3.92. The summed E-state index contributed by atoms with van der Waals surface area (Å²) in [5.74, 6) is 0.946. The molecule has 1 atom stereocenters. The van der Waals surface area contributed by atoms with E-state index in [4.69, 9.17) is 0 Å². The van der Waals surface area contributed by atoms with Crippen LogP contribution in [0.3, 0.4) is 0 Å². The molecule has 1 aromatic heterocycles. The minimum atomic E-state index is 0.725. The van der Waals surface area contributed by atoms with Gasteiger partial charge < -0.3 is 5.32 Å². The maximum atomic E-state index is 4.58. The Morgan fingerprint density at radius 1 is 1.47 bits per heavy atom. The van der Waals surface area contributed by atoms with Crippen molar-refractivity contribution in [1.82, 2.24) is 14.8 Å². The van der Waals surface area contributed by atoms with Gasteiger partial charge in [-0.2, -0.15) is 0 Å². The van der Waals surface area contributed by atoms with Crippen molar-refractivity contribution in [1.29, 1.82) is 0 Å². The molecule has 106 valence electrons. The highest BCUT2D eigenvalue weighted by molar-refractivity contribution is 5.34. The molecule has 1 unspecified atom stereocenters. The van der Waals surface area contributed by atoms with Crippen LogP contribution in [0, 0.1) is 0 Å². The molecule has 1 saturated heterocycles. The van der Waals surface area contributed by atoms with Gasteiger partial charge in [0.25, 0.3) is 0 Å². The van der Waals surface area contributed by atoms with E-state index >= 15 is 0 Å². The minimum absolute atomic E-state index is 0.725. The maximum Gasteiger partial charge on any atom is 0.126 e. The Balaban J connectivity index is 1.88. The van der Waals surface area contributed by atoms with Gasteiger partial charge in [-0.25, -0.2) is 4.98 Å². The third-order valence-electron chi connectivity index (χ3n) is 3.92. The first-order valence-electron chi connectivity index (χ1n) is 7.29. The van der Waals surface area contributed by atoms with E-state index < -0.39 is 0 Å². The summed E-state index contributed by atoms with van der Waals surface area (Å²) < 4.78 is 0. The molecule has 0 aliphatic carbocycles. The van der Waals surface area contributed by atoms with Crippen LogP contribution in [0.4, 0.5) is 5.82 Å². The monoisotopic (exact) mass is 262 g/mol. The molecule has 0 bridgehead atoms. The second-order valence-electron chi connectivity index (χ2n) is 5.39. The lowest BCUT2D eigenvalue weighted by atomic mass is 10.2. The molecule has 1 aliphatic rings. The van der Waals surface area contributed by atoms with Gasteiger partial charge in [-0.15, -0.1) is 0 Å². The van der Waals surface area contributed by atoms with E-state index in [-0.39, 0.29) is 0 Å². The van der Waals surface area contributed by atoms with E-state index in [0.29, 0.717) is 0 Å². The standard InChI is InChI=1S/C15H26N4/c1-4-19-10-6-8-14(19)12-18(3)11-13-7-5-9-15(16-2)17-13/h5,7,9,14H,4,6,8,10-12H2,1-3H3,(H,16,17). The van der Waals surface area contributed by atoms with Gasteiger partial charge in [-0.1, -0.05) is 13.0 Å². The number of rotatable bonds is 6. The summed E-state index contributed by atoms with van der Waals surface area (Å²) in [5.41, 5.74) is 1.13. The van der Waals surface area contributed by atoms with Crippen molar-refractivity contribution in [2.75, 3.05) is 39.0 Å². The Hall–Kier alpha value is -1.13. The summed E-state index contributed by atoms with van der Waals surface area (Å²) in [6.45, 7) is 6.76. The number of anilines is 1. The number of pyridine rings is 1. The number of nitrogens with one attached hydrogen (secondary N) is 1. The van der Waals surface area contributed by atoms with Gasteiger partial charge in [0.05, 0.1) is 5.69 Å². The van der Waals surface area contributed by atoms with Crippen LogP contribution in [0.5, 0.6) is 0 Å². The van der Waals surface area contributed by atoms with Crippen LogP contribution in [0.25, 0.3) is 0 Å². The SMILES string of the molecule is CCN1CCCC1CN(C)Cc1cccc(NC)n1. The molecule has 0 aromatic carbocycles. The summed E-state index contributed by atoms with van der Waals surface area (Å²) in [6.07, 6.45) is 2.68. The van der Waals surface area contributed by atoms with E-state index in [0.717, 1.165) is 30.6 Å². The summed E-state index contributed by atoms with van der Waals surface area (Å²) in [5, 5.41) is 3.09. The largest absolute Gasteiger partial charge is 0.373 e. The topological polar surface area (TPSA) is 31.4 Å². The van der Waals surface area contributed by atoms with E-state index in [1.54, 1.807) is 0 Å². The van der Waals surface area contributed by atoms with E-state index in [1.807, 2.05) is 13.1 Å². The molecular weight excluding hydrogens is 236 g/mol. The van der Waals surface area contributed by atoms with Gasteiger partial charge in [-0.05, 0) is 45.1 Å². The van der Waals surface area contributed by atoms with Gasteiger partial charge in [0.15, 0.2) is 0 Å². The van der Waals surface area contributed by atoms with Gasteiger partial charge in [-0.3, -0.25) is 9.80 Å². The summed E-state index contributed by atoms with van der Waals surface area (Å²) >= 11 is 0. The van der Waals surface area contributed by atoms with Crippen molar-refractivity contribution >= 4 is 5.82 Å². The number of nitrogens with zero attached hydrogens (tertiary/aromatic N) is 3. The maximum absolute atomic E-state index is 4.58. The molecule has 0 radical (unpaired) electrons. The fourth-order valence-electron chi connectivity index (χ4n) is 2.93. The van der Waals surface area contributed by atoms with E-state index in [2.05, 4.69) is 46.2 Å². The molecule has 19 heavy (non-hydrogen) atoms. The van der Waals surface area contributed by atoms with Gasteiger partial charge in [0.1, 0.15) is 5.82 Å². The Morgan fingerprint density at radius 2 is 2.32 bits per heavy atom. The molecule has 4 nitrogen and oxygen atoms in total. The molecular formula is C15H26N4. The number of aromatic nitrogens is 1. The molecule has 1 fully saturated rings. The first-order chi connectivity index (χ1) is 9.22. The predicted octanol–water partition coefficient (Wildman–Crippen LogP) is 2.04. The number of hydrogen-bond donors (Lipinski definition) is 1. The van der Waals surface area contributed by atoms with Crippen LogP contribution in [-0.4, -0.2) is 54.6 Å². The molecule has 1 N–H and O–H groups in total. The molecule has 4 heteroatoms. The summed E-state index contributed by atoms with van der Waals surface area (Å²) in [6, 6.07) is 6.89. The van der Waals surface area contributed by atoms with Crippen LogP contribution >= 0.6 is 0 Å². The quantitative estimate of drug-likeness (QED) is 0.850. The number of hydrogen-bond acceptors (Lipinski definition) is 4. The van der Waals surface area contributed by atoms with Crippen molar-refractivity contribution in [2.24, 2.45) is 0 Å². The van der Waals surface area contributed by atoms with Crippen LogP contribution in [0.15, 0.2) is 18.2 Å². The first kappa shape index (κ1) is 14.3. The van der Waals surface area contributed by atoms with E-state index in [1.165, 1.54) is 25.9 Å². The smallest absolute Gasteiger partial charge is 0.126 e. The molecule has 1 aliphatic heterocycles. The average Bonchev–Trinajstić information content (AvgIpc) is 2.86. The van der Waals surface area contributed by atoms with Gasteiger partial charge >= 0.3 is 0 Å². The van der Waals surface area contributed by atoms with Crippen LogP contribution in [0.2, 0.25) is 0 Å². The number of likely N-dealkylation sites (tertiary alicyclic amines) is 1. The van der Waals surface area contributed by atoms with Crippen molar-refractivity contribution in [2.45, 2.75) is 32.4 Å². The zero-order valence-corrected chi connectivity index (χ0v) is 12.4. The highest BCUT2D eigenvalue weighted by atomic mass is 15.2. The molecule has 0 saturated carbocycles. The fraction of sp³-hybridized carbons (Fsp3) is 0.667. The van der Waals surface area contributed by atoms with Crippen molar-refractivity contribution in [3.05, 3.63) is 23.9 Å². The Labute approximate surface area is 116 Å². The number of likely N-dealkylation sites (N-methyl/N-ethyl adjacent to an activating group) is 2. The van der Waals surface area contributed by atoms with Crippen LogP contribution in [-0.2, 0) is 6.54 Å². The zero-order chi connectivity index (χ0) is 13.7. The molecule has 1 aromatic rings. The van der Waals surface area contributed by atoms with Crippen molar-refractivity contribution < 1.29 is 0 Å². The fourth-order valence-corrected chi connectivity index (χ4v) is 2.93. The Kier molecular flexibility index (Phi) is 5.16. The van der Waals surface area contributed by atoms with Gasteiger partial charge in [0, 0.05) is 26.2 Å². The third kappa shape index (κ3) is 3.91. The zero-order valence-electron chi connectivity index (χ0n) is 12.4. The summed E-state index contributed by atoms with van der Waals surface area (Å²) in [7, 11) is 4.10. The minimum Gasteiger partial charge on any atom is -0.373 e. The highest BCUT2D eigenvalue weighted by Crippen LogP contribution is 2.18. The lowest BCUT2D eigenvalue weighted by Gasteiger charge is -2.27. The van der Waals surface area contributed by atoms with Crippen molar-refractivity contribution in [3.63, 3.8) is 0 Å². The average molecular weight is 262 g/mol. The van der Waals surface area contributed by atoms with Crippen molar-refractivity contribution in [3.8, 4) is 0 Å². The predicted molar refractivity (Wildman–Crippen MR) is 80.4 cm³/mol. The Bertz CT molecular complexity index is 393. The summed E-state index contributed by atoms with van der Waals surface area (Å²) in [4.78, 5) is 9.56. The molecule has 2 heterocycles. The lowest BCUT2D eigenvalue weighted by Crippen LogP contribution is -2.38. The molecule has 2 rings (SSSR count). The van der Waals surface area contributed by atoms with Crippen LogP contribution < -0.4 is 5.32 Å². The lowest BCUT2D eigenvalue weighted by molar-refractivity contribution is 0.194. The molecule has 0 spiro atoms. The van der Waals surface area contributed by atoms with E-state index in [9.17, 15) is 0 Å². The van der Waals surface area contributed by atoms with Crippen LogP contribution in [0.1, 0.15) is 25.5 Å². The normalized spacial score (nSPS) is 20.1. The second kappa shape index (κ2) is 6.87. The van der Waals surface area contributed by atoms with Gasteiger partial charge in [0.2, 0.25) is 0 Å². The highest BCUT2D eigenvalue weighted by Gasteiger charge is 2.23. The molecule has 0 amide bonds. The Morgan fingerprint density at radius 3 is 3.05 bits per heavy atom. The first-order valence-corrected chi connectivity index (χ1v) is 7.29. The second-order valence-corrected chi connectivity index (χ2v) is 5.39.